The summed E-state index contributed by atoms with van der Waals surface area (Å²) in [5, 5.41) is 11.5. The molecule has 2 aliphatic heterocycles. The van der Waals surface area contributed by atoms with Crippen LogP contribution in [0.4, 0.5) is 0 Å². The molecule has 5 rings (SSSR count). The summed E-state index contributed by atoms with van der Waals surface area (Å²) in [6.07, 6.45) is 1.60. The highest BCUT2D eigenvalue weighted by Crippen LogP contribution is 2.25. The zero-order valence-corrected chi connectivity index (χ0v) is 19.3. The van der Waals surface area contributed by atoms with Crippen molar-refractivity contribution in [2.45, 2.75) is 31.5 Å². The van der Waals surface area contributed by atoms with E-state index in [0.29, 0.717) is 22.3 Å². The molecular formula is C22H25ClN6O2S. The van der Waals surface area contributed by atoms with Crippen LogP contribution in [0.5, 0.6) is 0 Å². The van der Waals surface area contributed by atoms with Gasteiger partial charge in [-0.05, 0) is 44.3 Å². The second-order valence-electron chi connectivity index (χ2n) is 8.44. The van der Waals surface area contributed by atoms with E-state index in [1.807, 2.05) is 12.1 Å². The Kier molecular flexibility index (Phi) is 5.90. The summed E-state index contributed by atoms with van der Waals surface area (Å²) in [6, 6.07) is 6.85. The van der Waals surface area contributed by atoms with E-state index < -0.39 is 0 Å². The van der Waals surface area contributed by atoms with Crippen molar-refractivity contribution in [3.8, 4) is 0 Å². The molecule has 10 heteroatoms. The number of carbonyl (C=O) groups excluding carboxylic acids is 2. The lowest BCUT2D eigenvalue weighted by Gasteiger charge is -2.33. The molecule has 0 saturated carbocycles. The lowest BCUT2D eigenvalue weighted by atomic mass is 10.0. The van der Waals surface area contributed by atoms with Gasteiger partial charge in [-0.3, -0.25) is 9.59 Å². The molecule has 168 valence electrons. The molecule has 2 aliphatic rings. The first-order valence-corrected chi connectivity index (χ1v) is 11.9. The van der Waals surface area contributed by atoms with Gasteiger partial charge in [0.2, 0.25) is 0 Å². The summed E-state index contributed by atoms with van der Waals surface area (Å²) in [5.74, 6) is -0.378. The number of hydrogen-bond acceptors (Lipinski definition) is 6. The molecule has 0 unspecified atom stereocenters. The Morgan fingerprint density at radius 2 is 2.06 bits per heavy atom. The van der Waals surface area contributed by atoms with E-state index in [9.17, 15) is 9.59 Å². The molecule has 2 amide bonds. The van der Waals surface area contributed by atoms with Crippen LogP contribution in [0, 0.1) is 0 Å². The molecule has 4 heterocycles. The summed E-state index contributed by atoms with van der Waals surface area (Å²) in [7, 11) is 2.08. The highest BCUT2D eigenvalue weighted by atomic mass is 35.5. The van der Waals surface area contributed by atoms with Crippen molar-refractivity contribution in [2.75, 3.05) is 26.7 Å². The second kappa shape index (κ2) is 8.82. The van der Waals surface area contributed by atoms with E-state index >= 15 is 0 Å². The number of benzene rings is 1. The molecule has 0 spiro atoms. The first kappa shape index (κ1) is 21.4. The largest absolute Gasteiger partial charge is 0.351 e. The maximum Gasteiger partial charge on any atom is 0.280 e. The first-order chi connectivity index (χ1) is 15.5. The third-order valence-electron chi connectivity index (χ3n) is 6.06. The minimum atomic E-state index is -0.226. The molecule has 1 fully saturated rings. The van der Waals surface area contributed by atoms with E-state index in [1.54, 1.807) is 12.1 Å². The monoisotopic (exact) mass is 472 g/mol. The van der Waals surface area contributed by atoms with Gasteiger partial charge in [0.25, 0.3) is 11.8 Å². The summed E-state index contributed by atoms with van der Waals surface area (Å²) in [6.45, 7) is 3.16. The Morgan fingerprint density at radius 1 is 1.22 bits per heavy atom. The quantitative estimate of drug-likeness (QED) is 0.466. The molecule has 3 aromatic rings. The Balaban J connectivity index is 1.27. The number of H-pyrrole nitrogens is 1. The van der Waals surface area contributed by atoms with Crippen molar-refractivity contribution in [1.82, 2.24) is 30.8 Å². The molecule has 2 aromatic heterocycles. The van der Waals surface area contributed by atoms with Crippen LogP contribution in [-0.2, 0) is 13.0 Å². The van der Waals surface area contributed by atoms with E-state index in [2.05, 4.69) is 37.9 Å². The van der Waals surface area contributed by atoms with Crippen LogP contribution in [0.25, 0.3) is 10.9 Å². The van der Waals surface area contributed by atoms with Gasteiger partial charge < -0.3 is 25.8 Å². The SMILES string of the molecule is CN1CCc2nc(C(=O)N[C@H]3CCNC[C@H]3NC(=O)c3cc4cc(Cl)ccc4[nH]3)sc2C1. The van der Waals surface area contributed by atoms with Crippen LogP contribution in [-0.4, -0.2) is 65.4 Å². The smallest absolute Gasteiger partial charge is 0.280 e. The number of amides is 2. The topological polar surface area (TPSA) is 102 Å². The Labute approximate surface area is 194 Å². The number of nitrogens with one attached hydrogen (secondary N) is 4. The molecule has 8 nitrogen and oxygen atoms in total. The predicted molar refractivity (Wildman–Crippen MR) is 125 cm³/mol. The van der Waals surface area contributed by atoms with Crippen LogP contribution in [0.1, 0.15) is 37.3 Å². The number of aromatic amines is 1. The van der Waals surface area contributed by atoms with Crippen LogP contribution < -0.4 is 16.0 Å². The number of piperidine rings is 1. The minimum Gasteiger partial charge on any atom is -0.351 e. The van der Waals surface area contributed by atoms with Crippen LogP contribution >= 0.6 is 22.9 Å². The summed E-state index contributed by atoms with van der Waals surface area (Å²) >= 11 is 7.52. The third-order valence-corrected chi connectivity index (χ3v) is 7.38. The minimum absolute atomic E-state index is 0.168. The molecule has 1 saturated heterocycles. The Hall–Kier alpha value is -2.46. The fourth-order valence-corrected chi connectivity index (χ4v) is 5.58. The Bertz CT molecular complexity index is 1170. The molecular weight excluding hydrogens is 448 g/mol. The van der Waals surface area contributed by atoms with Crippen molar-refractivity contribution in [3.63, 3.8) is 0 Å². The summed E-state index contributed by atoms with van der Waals surface area (Å²) < 4.78 is 0. The van der Waals surface area contributed by atoms with Gasteiger partial charge in [-0.15, -0.1) is 11.3 Å². The predicted octanol–water partition coefficient (Wildman–Crippen LogP) is 2.16. The number of hydrogen-bond donors (Lipinski definition) is 4. The maximum absolute atomic E-state index is 12.9. The fraction of sp³-hybridized carbons (Fsp3) is 0.409. The second-order valence-corrected chi connectivity index (χ2v) is 9.96. The molecule has 4 N–H and O–H groups in total. The number of likely N-dealkylation sites (N-methyl/N-ethyl adjacent to an activating group) is 1. The zero-order chi connectivity index (χ0) is 22.2. The standard InChI is InChI=1S/C22H25ClN6O2S/c1-29-7-5-16-19(11-29)32-22(28-16)21(31)26-15-4-6-24-10-18(15)27-20(30)17-9-12-8-13(23)2-3-14(12)25-17/h2-3,8-9,15,18,24-25H,4-7,10-11H2,1H3,(H,26,31)(H,27,30)/t15-,18+/m0/s1. The maximum atomic E-state index is 12.9. The summed E-state index contributed by atoms with van der Waals surface area (Å²) in [5.41, 5.74) is 2.35. The molecule has 2 atom stereocenters. The van der Waals surface area contributed by atoms with Gasteiger partial charge in [0, 0.05) is 46.9 Å². The van der Waals surface area contributed by atoms with Crippen LogP contribution in [0.3, 0.4) is 0 Å². The van der Waals surface area contributed by atoms with Gasteiger partial charge in [-0.1, -0.05) is 11.6 Å². The van der Waals surface area contributed by atoms with Gasteiger partial charge in [0.05, 0.1) is 17.8 Å². The van der Waals surface area contributed by atoms with Crippen molar-refractivity contribution < 1.29 is 9.59 Å². The van der Waals surface area contributed by atoms with E-state index in [0.717, 1.165) is 53.9 Å². The van der Waals surface area contributed by atoms with Crippen molar-refractivity contribution in [1.29, 1.82) is 0 Å². The number of nitrogens with zero attached hydrogens (tertiary/aromatic N) is 2. The highest BCUT2D eigenvalue weighted by Gasteiger charge is 2.30. The number of fused-ring (bicyclic) bond motifs is 2. The van der Waals surface area contributed by atoms with E-state index in [-0.39, 0.29) is 23.9 Å². The third kappa shape index (κ3) is 4.38. The van der Waals surface area contributed by atoms with Crippen LogP contribution in [0.15, 0.2) is 24.3 Å². The normalized spacial score (nSPS) is 21.3. The van der Waals surface area contributed by atoms with Gasteiger partial charge in [0.15, 0.2) is 5.01 Å². The van der Waals surface area contributed by atoms with Gasteiger partial charge in [-0.25, -0.2) is 4.98 Å². The molecule has 0 bridgehead atoms. The average molecular weight is 473 g/mol. The number of rotatable bonds is 4. The number of aromatic nitrogens is 2. The molecule has 1 aromatic carbocycles. The van der Waals surface area contributed by atoms with Gasteiger partial charge in [0.1, 0.15) is 5.69 Å². The number of halogens is 1. The van der Waals surface area contributed by atoms with Gasteiger partial charge in [-0.2, -0.15) is 0 Å². The number of carbonyl (C=O) groups is 2. The summed E-state index contributed by atoms with van der Waals surface area (Å²) in [4.78, 5) is 36.9. The van der Waals surface area contributed by atoms with Crippen molar-refractivity contribution in [2.24, 2.45) is 0 Å². The van der Waals surface area contributed by atoms with E-state index in [4.69, 9.17) is 11.6 Å². The highest BCUT2D eigenvalue weighted by molar-refractivity contribution is 7.13. The van der Waals surface area contributed by atoms with Gasteiger partial charge >= 0.3 is 0 Å². The lowest BCUT2D eigenvalue weighted by Crippen LogP contribution is -2.59. The molecule has 32 heavy (non-hydrogen) atoms. The molecule has 0 aliphatic carbocycles. The van der Waals surface area contributed by atoms with Crippen LogP contribution in [0.2, 0.25) is 5.02 Å². The van der Waals surface area contributed by atoms with Crippen molar-refractivity contribution >= 4 is 45.7 Å². The lowest BCUT2D eigenvalue weighted by molar-refractivity contribution is 0.0866. The number of thiazole rings is 1. The molecule has 0 radical (unpaired) electrons. The first-order valence-electron chi connectivity index (χ1n) is 10.7. The zero-order valence-electron chi connectivity index (χ0n) is 17.7. The van der Waals surface area contributed by atoms with E-state index in [1.165, 1.54) is 11.3 Å². The Morgan fingerprint density at radius 3 is 2.94 bits per heavy atom. The fourth-order valence-electron chi connectivity index (χ4n) is 4.31. The average Bonchev–Trinajstić information content (AvgIpc) is 3.38. The van der Waals surface area contributed by atoms with Crippen molar-refractivity contribution in [3.05, 3.63) is 50.6 Å².